The molecule has 9 heavy (non-hydrogen) atoms. The van der Waals surface area contributed by atoms with Gasteiger partial charge in [-0.25, -0.2) is 0 Å². The molecule has 0 heterocycles. The molecule has 0 aromatic carbocycles. The van der Waals surface area contributed by atoms with Crippen LogP contribution < -0.4 is 0 Å². The van der Waals surface area contributed by atoms with Gasteiger partial charge in [-0.15, -0.1) is 0 Å². The zero-order chi connectivity index (χ0) is 7.44. The number of aliphatic hydroxyl groups is 1. The molecule has 0 aliphatic carbocycles. The molecule has 0 saturated carbocycles. The minimum Gasteiger partial charge on any atom is -0.400 e. The summed E-state index contributed by atoms with van der Waals surface area (Å²) in [6, 6.07) is 0. The highest BCUT2D eigenvalue weighted by Gasteiger charge is 2.17. The van der Waals surface area contributed by atoms with Crippen molar-refractivity contribution in [2.45, 2.75) is 38.8 Å². The topological polar surface area (TPSA) is 20.2 Å². The lowest BCUT2D eigenvalue weighted by atomic mass is 10.5. The highest BCUT2D eigenvalue weighted by molar-refractivity contribution is 6.61. The van der Waals surface area contributed by atoms with Crippen LogP contribution in [0.3, 0.4) is 0 Å². The van der Waals surface area contributed by atoms with Crippen molar-refractivity contribution >= 4 is 8.80 Å². The average molecular weight is 146 g/mol. The summed E-state index contributed by atoms with van der Waals surface area (Å²) < 4.78 is 0. The second kappa shape index (κ2) is 4.07. The number of hydrogen-bond acceptors (Lipinski definition) is 1. The molecule has 0 aliphatic rings. The first-order valence-electron chi connectivity index (χ1n) is 3.70. The van der Waals surface area contributed by atoms with Crippen molar-refractivity contribution in [3.63, 3.8) is 0 Å². The summed E-state index contributed by atoms with van der Waals surface area (Å²) in [5, 5.41) is 8.93. The van der Waals surface area contributed by atoms with E-state index in [-0.39, 0.29) is 0 Å². The van der Waals surface area contributed by atoms with Crippen LogP contribution in [0.1, 0.15) is 27.7 Å². The Labute approximate surface area is 59.7 Å². The third kappa shape index (κ3) is 3.01. The number of aliphatic hydroxyl groups excluding tert-OH is 1. The van der Waals surface area contributed by atoms with E-state index in [9.17, 15) is 0 Å². The van der Waals surface area contributed by atoms with Gasteiger partial charge >= 0.3 is 0 Å². The van der Waals surface area contributed by atoms with E-state index in [4.69, 9.17) is 5.11 Å². The van der Waals surface area contributed by atoms with E-state index in [1.54, 1.807) is 0 Å². The molecule has 0 spiro atoms. The molecule has 0 rings (SSSR count). The number of rotatable bonds is 3. The molecule has 0 bridgehead atoms. The van der Waals surface area contributed by atoms with Crippen LogP contribution in [0.15, 0.2) is 0 Å². The molecule has 0 aromatic rings. The minimum atomic E-state index is -0.804. The van der Waals surface area contributed by atoms with Gasteiger partial charge < -0.3 is 5.11 Å². The predicted molar refractivity (Wildman–Crippen MR) is 44.4 cm³/mol. The summed E-state index contributed by atoms with van der Waals surface area (Å²) in [6.45, 7) is 8.86. The quantitative estimate of drug-likeness (QED) is 0.599. The van der Waals surface area contributed by atoms with Crippen molar-refractivity contribution in [1.29, 1.82) is 0 Å². The van der Waals surface area contributed by atoms with Crippen LogP contribution in [0.4, 0.5) is 0 Å². The second-order valence-corrected chi connectivity index (χ2v) is 7.69. The molecular weight excluding hydrogens is 128 g/mol. The Kier molecular flexibility index (Phi) is 4.15. The van der Waals surface area contributed by atoms with Gasteiger partial charge in [0, 0.05) is 6.23 Å². The fraction of sp³-hybridized carbons (Fsp3) is 1.00. The van der Waals surface area contributed by atoms with Gasteiger partial charge in [-0.1, -0.05) is 38.8 Å². The Bertz CT molecular complexity index is 63.3. The van der Waals surface area contributed by atoms with Gasteiger partial charge in [0.1, 0.15) is 0 Å². The molecule has 2 heteroatoms. The summed E-state index contributed by atoms with van der Waals surface area (Å²) in [4.78, 5) is 0. The van der Waals surface area contributed by atoms with Gasteiger partial charge in [0.25, 0.3) is 0 Å². The fourth-order valence-electron chi connectivity index (χ4n) is 1.19. The molecule has 0 saturated heterocycles. The molecule has 0 fully saturated rings. The maximum Gasteiger partial charge on any atom is 0.0724 e. The molecule has 0 atom stereocenters. The molecule has 0 aromatic heterocycles. The van der Waals surface area contributed by atoms with E-state index < -0.39 is 8.80 Å². The normalized spacial score (nSPS) is 12.0. The molecule has 56 valence electrons. The monoisotopic (exact) mass is 146 g/mol. The summed E-state index contributed by atoms with van der Waals surface area (Å²) in [5.74, 6) is 0. The van der Waals surface area contributed by atoms with E-state index in [0.717, 1.165) is 11.1 Å². The van der Waals surface area contributed by atoms with Crippen molar-refractivity contribution in [1.82, 2.24) is 0 Å². The van der Waals surface area contributed by atoms with Gasteiger partial charge in [-0.2, -0.15) is 0 Å². The summed E-state index contributed by atoms with van der Waals surface area (Å²) >= 11 is 0. The summed E-state index contributed by atoms with van der Waals surface area (Å²) in [5.41, 5.74) is 1.49. The maximum absolute atomic E-state index is 8.93. The Balaban J connectivity index is 3.68. The van der Waals surface area contributed by atoms with E-state index in [1.807, 2.05) is 0 Å². The Morgan fingerprint density at radius 3 is 1.44 bits per heavy atom. The van der Waals surface area contributed by atoms with Gasteiger partial charge in [0.05, 0.1) is 8.80 Å². The van der Waals surface area contributed by atoms with Crippen molar-refractivity contribution in [3.05, 3.63) is 0 Å². The van der Waals surface area contributed by atoms with Crippen molar-refractivity contribution < 1.29 is 5.11 Å². The van der Waals surface area contributed by atoms with E-state index >= 15 is 0 Å². The Morgan fingerprint density at radius 2 is 1.44 bits per heavy atom. The van der Waals surface area contributed by atoms with Crippen LogP contribution in [0, 0.1) is 0 Å². The third-order valence-electron chi connectivity index (χ3n) is 1.92. The molecule has 0 radical (unpaired) electrons. The van der Waals surface area contributed by atoms with Crippen LogP contribution in [0.5, 0.6) is 0 Å². The lowest BCUT2D eigenvalue weighted by Crippen LogP contribution is -2.25. The first-order chi connectivity index (χ1) is 4.09. The number of hydrogen-bond donors (Lipinski definition) is 1. The predicted octanol–water partition coefficient (Wildman–Crippen LogP) is 1.56. The molecule has 1 N–H and O–H groups in total. The lowest BCUT2D eigenvalue weighted by Gasteiger charge is -2.19. The molecule has 0 unspecified atom stereocenters. The van der Waals surface area contributed by atoms with Gasteiger partial charge in [-0.3, -0.25) is 0 Å². The third-order valence-corrected chi connectivity index (χ3v) is 5.77. The highest BCUT2D eigenvalue weighted by Crippen LogP contribution is 2.18. The van der Waals surface area contributed by atoms with Crippen molar-refractivity contribution in [2.75, 3.05) is 6.23 Å². The molecule has 0 aliphatic heterocycles. The summed E-state index contributed by atoms with van der Waals surface area (Å²) in [6.07, 6.45) is 0.468. The Morgan fingerprint density at radius 1 is 1.11 bits per heavy atom. The molecular formula is C7H18OSi. The maximum atomic E-state index is 8.93. The van der Waals surface area contributed by atoms with Gasteiger partial charge in [0.2, 0.25) is 0 Å². The van der Waals surface area contributed by atoms with Crippen molar-refractivity contribution in [2.24, 2.45) is 0 Å². The van der Waals surface area contributed by atoms with Crippen LogP contribution in [0.25, 0.3) is 0 Å². The van der Waals surface area contributed by atoms with Crippen LogP contribution in [-0.2, 0) is 0 Å². The smallest absolute Gasteiger partial charge is 0.0724 e. The summed E-state index contributed by atoms with van der Waals surface area (Å²) in [7, 11) is -0.804. The van der Waals surface area contributed by atoms with Crippen LogP contribution in [-0.4, -0.2) is 20.1 Å². The standard InChI is InChI=1S/C7H18OSi/c1-6(2)9(5-8)7(3)4/h6-9H,5H2,1-4H3. The fourth-order valence-corrected chi connectivity index (χ4v) is 3.57. The van der Waals surface area contributed by atoms with Crippen LogP contribution >= 0.6 is 0 Å². The largest absolute Gasteiger partial charge is 0.400 e. The Hall–Kier alpha value is 0.177. The van der Waals surface area contributed by atoms with Crippen molar-refractivity contribution in [3.8, 4) is 0 Å². The zero-order valence-electron chi connectivity index (χ0n) is 6.89. The second-order valence-electron chi connectivity index (χ2n) is 3.33. The molecule has 1 nitrogen and oxygen atoms in total. The van der Waals surface area contributed by atoms with E-state index in [0.29, 0.717) is 6.23 Å². The zero-order valence-corrected chi connectivity index (χ0v) is 8.04. The van der Waals surface area contributed by atoms with E-state index in [1.165, 1.54) is 0 Å². The first kappa shape index (κ1) is 9.18. The van der Waals surface area contributed by atoms with Crippen LogP contribution in [0.2, 0.25) is 11.1 Å². The minimum absolute atomic E-state index is 0.468. The SMILES string of the molecule is CC(C)[SiH](CO)C(C)C. The highest BCUT2D eigenvalue weighted by atomic mass is 28.3. The van der Waals surface area contributed by atoms with Gasteiger partial charge in [0.15, 0.2) is 0 Å². The lowest BCUT2D eigenvalue weighted by molar-refractivity contribution is 0.358. The van der Waals surface area contributed by atoms with E-state index in [2.05, 4.69) is 27.7 Å². The van der Waals surface area contributed by atoms with Gasteiger partial charge in [-0.05, 0) is 0 Å². The molecule has 0 amide bonds. The average Bonchev–Trinajstić information content (AvgIpc) is 1.64. The first-order valence-corrected chi connectivity index (χ1v) is 5.85.